The summed E-state index contributed by atoms with van der Waals surface area (Å²) in [7, 11) is 1.49. The highest BCUT2D eigenvalue weighted by molar-refractivity contribution is 7.10. The summed E-state index contributed by atoms with van der Waals surface area (Å²) < 4.78 is 0. The molecule has 1 heterocycles. The lowest BCUT2D eigenvalue weighted by Gasteiger charge is -2.13. The minimum Gasteiger partial charge on any atom is -0.480 e. The Labute approximate surface area is 85.8 Å². The molecule has 1 rings (SSSR count). The second-order valence-electron chi connectivity index (χ2n) is 2.90. The number of carbonyl (C=O) groups is 2. The molecule has 1 aromatic rings. The van der Waals surface area contributed by atoms with Crippen LogP contribution in [0.1, 0.15) is 4.88 Å². The Hall–Kier alpha value is -1.36. The van der Waals surface area contributed by atoms with Crippen LogP contribution >= 0.6 is 11.3 Å². The number of carboxylic acids is 1. The summed E-state index contributed by atoms with van der Waals surface area (Å²) in [4.78, 5) is 23.9. The molecule has 0 saturated carbocycles. The minimum absolute atomic E-state index is 0.171. The number of hydrogen-bond acceptors (Lipinski definition) is 3. The van der Waals surface area contributed by atoms with Gasteiger partial charge in [0.2, 0.25) is 5.91 Å². The number of carbonyl (C=O) groups excluding carboxylic acids is 1. The van der Waals surface area contributed by atoms with Gasteiger partial charge in [-0.3, -0.25) is 9.59 Å². The molecule has 0 fully saturated rings. The van der Waals surface area contributed by atoms with E-state index in [1.54, 1.807) is 0 Å². The summed E-state index contributed by atoms with van der Waals surface area (Å²) in [5.74, 6) is -1.16. The molecule has 14 heavy (non-hydrogen) atoms. The number of likely N-dealkylation sites (N-methyl/N-ethyl adjacent to an activating group) is 1. The van der Waals surface area contributed by atoms with Gasteiger partial charge >= 0.3 is 5.97 Å². The third-order valence-electron chi connectivity index (χ3n) is 1.70. The van der Waals surface area contributed by atoms with Crippen LogP contribution in [0.2, 0.25) is 0 Å². The lowest BCUT2D eigenvalue weighted by molar-refractivity contribution is -0.143. The van der Waals surface area contributed by atoms with Gasteiger partial charge in [0.15, 0.2) is 0 Å². The molecule has 0 aromatic carbocycles. The summed E-state index contributed by atoms with van der Waals surface area (Å²) in [6.45, 7) is -0.246. The summed E-state index contributed by atoms with van der Waals surface area (Å²) in [6.07, 6.45) is 0.279. The maximum absolute atomic E-state index is 11.4. The average Bonchev–Trinajstić information content (AvgIpc) is 2.55. The minimum atomic E-state index is -0.993. The number of aliphatic carboxylic acids is 1. The van der Waals surface area contributed by atoms with Crippen LogP contribution in [-0.4, -0.2) is 35.5 Å². The molecular weight excluding hydrogens is 202 g/mol. The topological polar surface area (TPSA) is 57.6 Å². The Morgan fingerprint density at radius 1 is 1.57 bits per heavy atom. The number of carboxylic acid groups (broad SMARTS) is 1. The van der Waals surface area contributed by atoms with E-state index in [0.717, 1.165) is 4.88 Å². The lowest BCUT2D eigenvalue weighted by atomic mass is 10.3. The molecule has 1 N–H and O–H groups in total. The van der Waals surface area contributed by atoms with Crippen molar-refractivity contribution in [3.63, 3.8) is 0 Å². The average molecular weight is 213 g/mol. The Morgan fingerprint density at radius 3 is 2.79 bits per heavy atom. The van der Waals surface area contributed by atoms with Gasteiger partial charge in [-0.2, -0.15) is 0 Å². The van der Waals surface area contributed by atoms with Gasteiger partial charge in [-0.15, -0.1) is 11.3 Å². The second kappa shape index (κ2) is 4.76. The molecule has 0 atom stereocenters. The van der Waals surface area contributed by atoms with Crippen LogP contribution in [0.4, 0.5) is 0 Å². The third kappa shape index (κ3) is 3.18. The van der Waals surface area contributed by atoms with Crippen molar-refractivity contribution in [2.45, 2.75) is 6.42 Å². The number of amides is 1. The normalized spacial score (nSPS) is 9.79. The van der Waals surface area contributed by atoms with E-state index < -0.39 is 5.97 Å². The Kier molecular flexibility index (Phi) is 3.64. The zero-order valence-electron chi connectivity index (χ0n) is 7.77. The summed E-state index contributed by atoms with van der Waals surface area (Å²) in [5, 5.41) is 10.4. The molecule has 76 valence electrons. The first-order valence-electron chi connectivity index (χ1n) is 4.07. The molecule has 0 spiro atoms. The fraction of sp³-hybridized carbons (Fsp3) is 0.333. The monoisotopic (exact) mass is 213 g/mol. The first kappa shape index (κ1) is 10.7. The van der Waals surface area contributed by atoms with E-state index in [4.69, 9.17) is 5.11 Å². The molecule has 0 bridgehead atoms. The molecule has 1 aromatic heterocycles. The zero-order chi connectivity index (χ0) is 10.6. The molecule has 0 aliphatic heterocycles. The summed E-state index contributed by atoms with van der Waals surface area (Å²) in [6, 6.07) is 3.72. The van der Waals surface area contributed by atoms with Crippen LogP contribution in [-0.2, 0) is 16.0 Å². The predicted molar refractivity (Wildman–Crippen MR) is 53.3 cm³/mol. The predicted octanol–water partition coefficient (Wildman–Crippen LogP) is 0.834. The maximum atomic E-state index is 11.4. The van der Waals surface area contributed by atoms with Crippen LogP contribution in [0.5, 0.6) is 0 Å². The molecule has 1 amide bonds. The van der Waals surface area contributed by atoms with Crippen LogP contribution in [0.25, 0.3) is 0 Å². The smallest absolute Gasteiger partial charge is 0.323 e. The van der Waals surface area contributed by atoms with Crippen molar-refractivity contribution >= 4 is 23.2 Å². The van der Waals surface area contributed by atoms with Crippen molar-refractivity contribution in [3.05, 3.63) is 22.4 Å². The van der Waals surface area contributed by atoms with Gasteiger partial charge in [-0.25, -0.2) is 0 Å². The molecule has 5 heteroatoms. The number of nitrogens with zero attached hydrogens (tertiary/aromatic N) is 1. The molecule has 0 saturated heterocycles. The lowest BCUT2D eigenvalue weighted by Crippen LogP contribution is -2.32. The number of thiophene rings is 1. The Bertz CT molecular complexity index is 321. The van der Waals surface area contributed by atoms with Crippen molar-refractivity contribution in [1.82, 2.24) is 4.90 Å². The van der Waals surface area contributed by atoms with E-state index in [0.29, 0.717) is 0 Å². The van der Waals surface area contributed by atoms with E-state index in [9.17, 15) is 9.59 Å². The fourth-order valence-electron chi connectivity index (χ4n) is 0.988. The van der Waals surface area contributed by atoms with Gasteiger partial charge < -0.3 is 10.0 Å². The molecule has 0 aliphatic carbocycles. The van der Waals surface area contributed by atoms with Crippen LogP contribution in [0, 0.1) is 0 Å². The molecule has 0 radical (unpaired) electrons. The molecule has 4 nitrogen and oxygen atoms in total. The van der Waals surface area contributed by atoms with Crippen LogP contribution in [0.3, 0.4) is 0 Å². The van der Waals surface area contributed by atoms with E-state index in [-0.39, 0.29) is 18.9 Å². The van der Waals surface area contributed by atoms with E-state index in [1.807, 2.05) is 17.5 Å². The Balaban J connectivity index is 2.46. The van der Waals surface area contributed by atoms with E-state index in [1.165, 1.54) is 23.3 Å². The van der Waals surface area contributed by atoms with Gasteiger partial charge in [0.05, 0.1) is 6.42 Å². The van der Waals surface area contributed by atoms with Crippen molar-refractivity contribution in [1.29, 1.82) is 0 Å². The molecular formula is C9H11NO3S. The Morgan fingerprint density at radius 2 is 2.29 bits per heavy atom. The van der Waals surface area contributed by atoms with Gasteiger partial charge in [0.25, 0.3) is 0 Å². The first-order chi connectivity index (χ1) is 6.59. The van der Waals surface area contributed by atoms with Gasteiger partial charge in [0.1, 0.15) is 6.54 Å². The highest BCUT2D eigenvalue weighted by Gasteiger charge is 2.12. The van der Waals surface area contributed by atoms with Crippen LogP contribution < -0.4 is 0 Å². The van der Waals surface area contributed by atoms with Gasteiger partial charge in [0, 0.05) is 11.9 Å². The zero-order valence-corrected chi connectivity index (χ0v) is 8.58. The highest BCUT2D eigenvalue weighted by atomic mass is 32.1. The van der Waals surface area contributed by atoms with Crippen molar-refractivity contribution in [3.8, 4) is 0 Å². The quantitative estimate of drug-likeness (QED) is 0.806. The maximum Gasteiger partial charge on any atom is 0.323 e. The molecule has 0 aliphatic rings. The summed E-state index contributed by atoms with van der Waals surface area (Å²) in [5.41, 5.74) is 0. The SMILES string of the molecule is CN(CC(=O)O)C(=O)Cc1cccs1. The van der Waals surface area contributed by atoms with E-state index in [2.05, 4.69) is 0 Å². The standard InChI is InChI=1S/C9H11NO3S/c1-10(6-9(12)13)8(11)5-7-3-2-4-14-7/h2-4H,5-6H2,1H3,(H,12,13). The van der Waals surface area contributed by atoms with Gasteiger partial charge in [-0.1, -0.05) is 6.07 Å². The number of hydrogen-bond donors (Lipinski definition) is 1. The van der Waals surface area contributed by atoms with Crippen molar-refractivity contribution < 1.29 is 14.7 Å². The first-order valence-corrected chi connectivity index (χ1v) is 4.95. The largest absolute Gasteiger partial charge is 0.480 e. The molecule has 0 unspecified atom stereocenters. The second-order valence-corrected chi connectivity index (χ2v) is 3.93. The third-order valence-corrected chi connectivity index (χ3v) is 2.58. The fourth-order valence-corrected chi connectivity index (χ4v) is 1.68. The van der Waals surface area contributed by atoms with Gasteiger partial charge in [-0.05, 0) is 11.4 Å². The summed E-state index contributed by atoms with van der Waals surface area (Å²) >= 11 is 1.49. The van der Waals surface area contributed by atoms with Crippen molar-refractivity contribution in [2.75, 3.05) is 13.6 Å². The van der Waals surface area contributed by atoms with E-state index >= 15 is 0 Å². The highest BCUT2D eigenvalue weighted by Crippen LogP contribution is 2.09. The van der Waals surface area contributed by atoms with Crippen LogP contribution in [0.15, 0.2) is 17.5 Å². The van der Waals surface area contributed by atoms with Crippen molar-refractivity contribution in [2.24, 2.45) is 0 Å². The number of rotatable bonds is 4.